The second-order valence-electron chi connectivity index (χ2n) is 4.57. The summed E-state index contributed by atoms with van der Waals surface area (Å²) in [5.74, 6) is 0.205. The molecule has 3 N–H and O–H groups in total. The quantitative estimate of drug-likeness (QED) is 0.531. The Balaban J connectivity index is 2.61. The number of nitrogens with one attached hydrogen (secondary N) is 3. The summed E-state index contributed by atoms with van der Waals surface area (Å²) in [6.45, 7) is -0.0733. The van der Waals surface area contributed by atoms with Gasteiger partial charge in [-0.1, -0.05) is 12.1 Å². The zero-order chi connectivity index (χ0) is 17.5. The van der Waals surface area contributed by atoms with Crippen molar-refractivity contribution in [2.75, 3.05) is 20.6 Å². The zero-order valence-corrected chi connectivity index (χ0v) is 13.6. The summed E-state index contributed by atoms with van der Waals surface area (Å²) in [4.78, 5) is 3.92. The monoisotopic (exact) mass is 352 g/mol. The van der Waals surface area contributed by atoms with Crippen LogP contribution in [0.25, 0.3) is 0 Å². The number of aliphatic imine (C=N–C) groups is 1. The predicted molar refractivity (Wildman–Crippen MR) is 81.6 cm³/mol. The van der Waals surface area contributed by atoms with E-state index in [1.807, 2.05) is 0 Å². The van der Waals surface area contributed by atoms with Crippen LogP contribution in [0.15, 0.2) is 34.2 Å². The van der Waals surface area contributed by atoms with Crippen LogP contribution in [0.5, 0.6) is 0 Å². The molecule has 0 radical (unpaired) electrons. The molecule has 0 heterocycles. The molecule has 0 fully saturated rings. The van der Waals surface area contributed by atoms with Crippen molar-refractivity contribution >= 4 is 16.0 Å². The summed E-state index contributed by atoms with van der Waals surface area (Å²) >= 11 is 0. The second-order valence-corrected chi connectivity index (χ2v) is 6.46. The minimum absolute atomic E-state index is 0.110. The van der Waals surface area contributed by atoms with Gasteiger partial charge in [0, 0.05) is 20.1 Å². The molecule has 0 saturated heterocycles. The van der Waals surface area contributed by atoms with Gasteiger partial charge >= 0.3 is 6.18 Å². The van der Waals surface area contributed by atoms with E-state index in [-0.39, 0.29) is 23.9 Å². The summed E-state index contributed by atoms with van der Waals surface area (Å²) in [7, 11) is -0.797. The number of benzene rings is 1. The van der Waals surface area contributed by atoms with Crippen molar-refractivity contribution in [1.82, 2.24) is 15.4 Å². The van der Waals surface area contributed by atoms with Gasteiger partial charge in [-0.15, -0.1) is 0 Å². The molecule has 0 spiro atoms. The van der Waals surface area contributed by atoms with E-state index in [0.29, 0.717) is 5.56 Å². The molecule has 0 amide bonds. The normalized spacial score (nSPS) is 13.0. The lowest BCUT2D eigenvalue weighted by Gasteiger charge is -2.13. The Morgan fingerprint density at radius 1 is 1.26 bits per heavy atom. The fraction of sp³-hybridized carbons (Fsp3) is 0.462. The Kier molecular flexibility index (Phi) is 6.82. The van der Waals surface area contributed by atoms with Crippen molar-refractivity contribution in [2.45, 2.75) is 24.0 Å². The third-order valence-corrected chi connectivity index (χ3v) is 4.27. The Labute approximate surface area is 133 Å². The van der Waals surface area contributed by atoms with Gasteiger partial charge in [0.25, 0.3) is 0 Å². The largest absolute Gasteiger partial charge is 0.390 e. The standard InChI is InChI=1S/C13H19F3N4O2S/c1-17-12(19-7-6-13(14,15)16)20-9-10-4-3-5-11(8-10)23(21,22)18-2/h3-5,8,18H,6-7,9H2,1-2H3,(H2,17,19,20). The third kappa shape index (κ3) is 6.87. The maximum Gasteiger partial charge on any atom is 0.390 e. The van der Waals surface area contributed by atoms with Crippen LogP contribution in [0.2, 0.25) is 0 Å². The Hall–Kier alpha value is -1.81. The number of nitrogens with zero attached hydrogens (tertiary/aromatic N) is 1. The summed E-state index contributed by atoms with van der Waals surface area (Å²) in [6.07, 6.45) is -5.20. The van der Waals surface area contributed by atoms with Crippen molar-refractivity contribution < 1.29 is 21.6 Å². The molecule has 6 nitrogen and oxygen atoms in total. The van der Waals surface area contributed by atoms with Crippen LogP contribution in [0, 0.1) is 0 Å². The molecular formula is C13H19F3N4O2S. The van der Waals surface area contributed by atoms with Gasteiger partial charge < -0.3 is 10.6 Å². The van der Waals surface area contributed by atoms with E-state index in [1.165, 1.54) is 26.2 Å². The van der Waals surface area contributed by atoms with Gasteiger partial charge in [0.2, 0.25) is 10.0 Å². The number of guanidine groups is 1. The Bertz CT molecular complexity index is 645. The molecular weight excluding hydrogens is 333 g/mol. The smallest absolute Gasteiger partial charge is 0.356 e. The maximum atomic E-state index is 12.1. The first-order valence-electron chi connectivity index (χ1n) is 6.71. The number of hydrogen-bond acceptors (Lipinski definition) is 3. The lowest BCUT2D eigenvalue weighted by atomic mass is 10.2. The lowest BCUT2D eigenvalue weighted by molar-refractivity contribution is -0.132. The van der Waals surface area contributed by atoms with E-state index in [9.17, 15) is 21.6 Å². The highest BCUT2D eigenvalue weighted by Gasteiger charge is 2.26. The fourth-order valence-corrected chi connectivity index (χ4v) is 2.47. The predicted octanol–water partition coefficient (Wildman–Crippen LogP) is 1.21. The Morgan fingerprint density at radius 2 is 1.96 bits per heavy atom. The first kappa shape index (κ1) is 19.2. The van der Waals surface area contributed by atoms with Gasteiger partial charge in [0.15, 0.2) is 5.96 Å². The molecule has 0 aliphatic heterocycles. The average Bonchev–Trinajstić information content (AvgIpc) is 2.49. The molecule has 0 atom stereocenters. The molecule has 10 heteroatoms. The van der Waals surface area contributed by atoms with Crippen LogP contribution in [-0.4, -0.2) is 41.2 Å². The van der Waals surface area contributed by atoms with Gasteiger partial charge in [-0.25, -0.2) is 13.1 Å². The van der Waals surface area contributed by atoms with Crippen molar-refractivity contribution in [3.63, 3.8) is 0 Å². The van der Waals surface area contributed by atoms with E-state index in [2.05, 4.69) is 20.3 Å². The van der Waals surface area contributed by atoms with Crippen molar-refractivity contribution in [3.05, 3.63) is 29.8 Å². The van der Waals surface area contributed by atoms with Gasteiger partial charge in [-0.3, -0.25) is 4.99 Å². The number of hydrogen-bond donors (Lipinski definition) is 3. The van der Waals surface area contributed by atoms with Crippen molar-refractivity contribution in [1.29, 1.82) is 0 Å². The van der Waals surface area contributed by atoms with Gasteiger partial charge in [0.05, 0.1) is 11.3 Å². The molecule has 0 bridgehead atoms. The zero-order valence-electron chi connectivity index (χ0n) is 12.7. The second kappa shape index (κ2) is 8.16. The molecule has 1 rings (SSSR count). The Morgan fingerprint density at radius 3 is 2.52 bits per heavy atom. The van der Waals surface area contributed by atoms with Crippen molar-refractivity contribution in [3.8, 4) is 0 Å². The van der Waals surface area contributed by atoms with Crippen LogP contribution >= 0.6 is 0 Å². The highest BCUT2D eigenvalue weighted by Crippen LogP contribution is 2.18. The van der Waals surface area contributed by atoms with E-state index >= 15 is 0 Å². The molecule has 0 aliphatic rings. The minimum Gasteiger partial charge on any atom is -0.356 e. The lowest BCUT2D eigenvalue weighted by Crippen LogP contribution is -2.38. The summed E-state index contributed by atoms with van der Waals surface area (Å²) < 4.78 is 61.9. The molecule has 0 unspecified atom stereocenters. The highest BCUT2D eigenvalue weighted by molar-refractivity contribution is 7.89. The average molecular weight is 352 g/mol. The molecule has 1 aromatic carbocycles. The number of rotatable bonds is 6. The number of halogens is 3. The van der Waals surface area contributed by atoms with Crippen LogP contribution < -0.4 is 15.4 Å². The third-order valence-electron chi connectivity index (χ3n) is 2.86. The molecule has 0 saturated carbocycles. The molecule has 130 valence electrons. The number of sulfonamides is 1. The molecule has 0 aliphatic carbocycles. The molecule has 1 aromatic rings. The SMILES string of the molecule is CN=C(NCCC(F)(F)F)NCc1cccc(S(=O)(=O)NC)c1. The van der Waals surface area contributed by atoms with Crippen LogP contribution in [0.1, 0.15) is 12.0 Å². The highest BCUT2D eigenvalue weighted by atomic mass is 32.2. The van der Waals surface area contributed by atoms with E-state index in [0.717, 1.165) is 0 Å². The number of alkyl halides is 3. The van der Waals surface area contributed by atoms with E-state index in [1.54, 1.807) is 12.1 Å². The van der Waals surface area contributed by atoms with Gasteiger partial charge in [-0.05, 0) is 24.7 Å². The van der Waals surface area contributed by atoms with Crippen LogP contribution in [0.3, 0.4) is 0 Å². The summed E-state index contributed by atoms with van der Waals surface area (Å²) in [5, 5.41) is 5.37. The minimum atomic E-state index is -4.23. The fourth-order valence-electron chi connectivity index (χ4n) is 1.67. The van der Waals surface area contributed by atoms with Crippen LogP contribution in [-0.2, 0) is 16.6 Å². The summed E-state index contributed by atoms with van der Waals surface area (Å²) in [5.41, 5.74) is 0.653. The topological polar surface area (TPSA) is 82.6 Å². The van der Waals surface area contributed by atoms with Gasteiger partial charge in [-0.2, -0.15) is 13.2 Å². The van der Waals surface area contributed by atoms with Crippen LogP contribution in [0.4, 0.5) is 13.2 Å². The molecule has 0 aromatic heterocycles. The van der Waals surface area contributed by atoms with E-state index < -0.39 is 22.6 Å². The van der Waals surface area contributed by atoms with E-state index in [4.69, 9.17) is 0 Å². The first-order chi connectivity index (χ1) is 10.7. The first-order valence-corrected chi connectivity index (χ1v) is 8.20. The van der Waals surface area contributed by atoms with Gasteiger partial charge in [0.1, 0.15) is 0 Å². The maximum absolute atomic E-state index is 12.1. The molecule has 23 heavy (non-hydrogen) atoms. The summed E-state index contributed by atoms with van der Waals surface area (Å²) in [6, 6.07) is 6.21. The van der Waals surface area contributed by atoms with Crippen molar-refractivity contribution in [2.24, 2.45) is 4.99 Å².